The summed E-state index contributed by atoms with van der Waals surface area (Å²) in [4.78, 5) is 12.7. The van der Waals surface area contributed by atoms with Crippen LogP contribution in [0.15, 0.2) is 23.1 Å². The first-order valence-corrected chi connectivity index (χ1v) is 10.4. The standard InChI is InChI=1S/C18H31N3O3S/c1-5-8-9-16(13-19)20-18(22)15-11-10-14(4)17(12-15)25(23,24)21(6-2)7-3/h10-12,16H,5-9,13,19H2,1-4H3,(H,20,22). The average molecular weight is 370 g/mol. The molecular formula is C18H31N3O3S. The van der Waals surface area contributed by atoms with Crippen LogP contribution in [-0.4, -0.2) is 44.3 Å². The van der Waals surface area contributed by atoms with Gasteiger partial charge < -0.3 is 11.1 Å². The fraction of sp³-hybridized carbons (Fsp3) is 0.611. The van der Waals surface area contributed by atoms with E-state index in [1.807, 2.05) is 0 Å². The highest BCUT2D eigenvalue weighted by atomic mass is 32.2. The van der Waals surface area contributed by atoms with E-state index in [9.17, 15) is 13.2 Å². The molecule has 0 fully saturated rings. The van der Waals surface area contributed by atoms with Gasteiger partial charge in [-0.05, 0) is 31.0 Å². The topological polar surface area (TPSA) is 92.5 Å². The molecular weight excluding hydrogens is 338 g/mol. The number of nitrogens with one attached hydrogen (secondary N) is 1. The normalized spacial score (nSPS) is 13.0. The summed E-state index contributed by atoms with van der Waals surface area (Å²) >= 11 is 0. The molecule has 25 heavy (non-hydrogen) atoms. The first-order chi connectivity index (χ1) is 11.8. The van der Waals surface area contributed by atoms with Crippen LogP contribution in [0.3, 0.4) is 0 Å². The van der Waals surface area contributed by atoms with Gasteiger partial charge in [-0.2, -0.15) is 4.31 Å². The zero-order chi connectivity index (χ0) is 19.0. The molecule has 0 aliphatic carbocycles. The Hall–Kier alpha value is -1.44. The molecule has 0 bridgehead atoms. The maximum atomic E-state index is 12.8. The summed E-state index contributed by atoms with van der Waals surface area (Å²) in [6, 6.07) is 4.69. The maximum Gasteiger partial charge on any atom is 0.251 e. The second-order valence-electron chi connectivity index (χ2n) is 6.12. The third-order valence-electron chi connectivity index (χ3n) is 4.30. The Morgan fingerprint density at radius 1 is 1.24 bits per heavy atom. The van der Waals surface area contributed by atoms with Gasteiger partial charge in [-0.15, -0.1) is 0 Å². The van der Waals surface area contributed by atoms with Crippen LogP contribution in [0.4, 0.5) is 0 Å². The molecule has 0 aliphatic heterocycles. The summed E-state index contributed by atoms with van der Waals surface area (Å²) in [5.41, 5.74) is 6.69. The van der Waals surface area contributed by atoms with E-state index < -0.39 is 10.0 Å². The molecule has 7 heteroatoms. The van der Waals surface area contributed by atoms with E-state index in [0.717, 1.165) is 19.3 Å². The summed E-state index contributed by atoms with van der Waals surface area (Å²) in [6.07, 6.45) is 2.83. The van der Waals surface area contributed by atoms with Crippen LogP contribution in [0.5, 0.6) is 0 Å². The number of aryl methyl sites for hydroxylation is 1. The molecule has 6 nitrogen and oxygen atoms in total. The van der Waals surface area contributed by atoms with Crippen LogP contribution in [-0.2, 0) is 10.0 Å². The van der Waals surface area contributed by atoms with Crippen LogP contribution in [0.1, 0.15) is 56.0 Å². The van der Waals surface area contributed by atoms with Crippen LogP contribution in [0.2, 0.25) is 0 Å². The van der Waals surface area contributed by atoms with Crippen molar-refractivity contribution in [2.45, 2.75) is 57.9 Å². The number of rotatable bonds is 10. The lowest BCUT2D eigenvalue weighted by Gasteiger charge is -2.21. The molecule has 142 valence electrons. The number of hydrogen-bond donors (Lipinski definition) is 2. The first-order valence-electron chi connectivity index (χ1n) is 8.93. The van der Waals surface area contributed by atoms with Gasteiger partial charge in [0.05, 0.1) is 4.90 Å². The Morgan fingerprint density at radius 3 is 2.40 bits per heavy atom. The van der Waals surface area contributed by atoms with Crippen molar-refractivity contribution >= 4 is 15.9 Å². The smallest absolute Gasteiger partial charge is 0.251 e. The average Bonchev–Trinajstić information content (AvgIpc) is 2.59. The van der Waals surface area contributed by atoms with E-state index in [0.29, 0.717) is 30.8 Å². The van der Waals surface area contributed by atoms with E-state index in [1.54, 1.807) is 32.9 Å². The molecule has 1 rings (SSSR count). The Morgan fingerprint density at radius 2 is 1.88 bits per heavy atom. The number of carbonyl (C=O) groups excluding carboxylic acids is 1. The van der Waals surface area contributed by atoms with Gasteiger partial charge >= 0.3 is 0 Å². The molecule has 0 aromatic heterocycles. The highest BCUT2D eigenvalue weighted by Crippen LogP contribution is 2.21. The monoisotopic (exact) mass is 369 g/mol. The maximum absolute atomic E-state index is 12.8. The fourth-order valence-electron chi connectivity index (χ4n) is 2.69. The minimum absolute atomic E-state index is 0.100. The second-order valence-corrected chi connectivity index (χ2v) is 8.02. The number of unbranched alkanes of at least 4 members (excludes halogenated alkanes) is 1. The molecule has 0 saturated carbocycles. The minimum atomic E-state index is -3.61. The number of benzene rings is 1. The molecule has 0 heterocycles. The van der Waals surface area contributed by atoms with Crippen molar-refractivity contribution in [3.05, 3.63) is 29.3 Å². The fourth-order valence-corrected chi connectivity index (χ4v) is 4.40. The number of nitrogens with two attached hydrogens (primary N) is 1. The van der Waals surface area contributed by atoms with Crippen LogP contribution >= 0.6 is 0 Å². The van der Waals surface area contributed by atoms with E-state index in [2.05, 4.69) is 12.2 Å². The van der Waals surface area contributed by atoms with Crippen molar-refractivity contribution in [3.8, 4) is 0 Å². The molecule has 3 N–H and O–H groups in total. The van der Waals surface area contributed by atoms with Crippen molar-refractivity contribution in [3.63, 3.8) is 0 Å². The van der Waals surface area contributed by atoms with Gasteiger partial charge in [0.15, 0.2) is 0 Å². The summed E-state index contributed by atoms with van der Waals surface area (Å²) in [5.74, 6) is -0.289. The van der Waals surface area contributed by atoms with E-state index >= 15 is 0 Å². The van der Waals surface area contributed by atoms with E-state index in [4.69, 9.17) is 5.73 Å². The summed E-state index contributed by atoms with van der Waals surface area (Å²) in [6.45, 7) is 8.56. The Kier molecular flexibility index (Phi) is 8.55. The third-order valence-corrected chi connectivity index (χ3v) is 6.49. The number of sulfonamides is 1. The summed E-state index contributed by atoms with van der Waals surface area (Å²) in [5, 5.41) is 2.90. The SMILES string of the molecule is CCCCC(CN)NC(=O)c1ccc(C)c(S(=O)(=O)N(CC)CC)c1. The zero-order valence-corrected chi connectivity index (χ0v) is 16.5. The minimum Gasteiger partial charge on any atom is -0.348 e. The highest BCUT2D eigenvalue weighted by Gasteiger charge is 2.25. The molecule has 0 saturated heterocycles. The first kappa shape index (κ1) is 21.6. The predicted octanol–water partition coefficient (Wildman–Crippen LogP) is 2.27. The molecule has 0 aliphatic rings. The molecule has 1 atom stereocenters. The Labute approximate surface area is 151 Å². The van der Waals surface area contributed by atoms with Gasteiger partial charge in [0.25, 0.3) is 5.91 Å². The van der Waals surface area contributed by atoms with Gasteiger partial charge in [0.1, 0.15) is 0 Å². The highest BCUT2D eigenvalue weighted by molar-refractivity contribution is 7.89. The lowest BCUT2D eigenvalue weighted by molar-refractivity contribution is 0.0935. The van der Waals surface area contributed by atoms with Gasteiger partial charge in [-0.25, -0.2) is 8.42 Å². The van der Waals surface area contributed by atoms with Crippen molar-refractivity contribution < 1.29 is 13.2 Å². The molecule has 0 radical (unpaired) electrons. The molecule has 1 aromatic carbocycles. The quantitative estimate of drug-likeness (QED) is 0.662. The summed E-state index contributed by atoms with van der Waals surface area (Å²) < 4.78 is 27.0. The molecule has 1 aromatic rings. The van der Waals surface area contributed by atoms with Crippen molar-refractivity contribution in [2.24, 2.45) is 5.73 Å². The van der Waals surface area contributed by atoms with Crippen molar-refractivity contribution in [2.75, 3.05) is 19.6 Å². The Bertz CT molecular complexity index is 670. The van der Waals surface area contributed by atoms with Gasteiger partial charge in [0.2, 0.25) is 10.0 Å². The van der Waals surface area contributed by atoms with Gasteiger partial charge in [-0.3, -0.25) is 4.79 Å². The van der Waals surface area contributed by atoms with E-state index in [1.165, 1.54) is 10.4 Å². The Balaban J connectivity index is 3.10. The lowest BCUT2D eigenvalue weighted by Crippen LogP contribution is -2.40. The number of amides is 1. The summed E-state index contributed by atoms with van der Waals surface area (Å²) in [7, 11) is -3.61. The molecule has 1 unspecified atom stereocenters. The third kappa shape index (κ3) is 5.52. The van der Waals surface area contributed by atoms with Gasteiger partial charge in [0, 0.05) is 31.2 Å². The number of hydrogen-bond acceptors (Lipinski definition) is 4. The van der Waals surface area contributed by atoms with Crippen LogP contribution < -0.4 is 11.1 Å². The van der Waals surface area contributed by atoms with E-state index in [-0.39, 0.29) is 16.8 Å². The molecule has 1 amide bonds. The van der Waals surface area contributed by atoms with Crippen LogP contribution in [0, 0.1) is 6.92 Å². The zero-order valence-electron chi connectivity index (χ0n) is 15.7. The number of carbonyl (C=O) groups is 1. The predicted molar refractivity (Wildman–Crippen MR) is 101 cm³/mol. The second kappa shape index (κ2) is 9.89. The largest absolute Gasteiger partial charge is 0.348 e. The van der Waals surface area contributed by atoms with Gasteiger partial charge in [-0.1, -0.05) is 39.7 Å². The lowest BCUT2D eigenvalue weighted by atomic mass is 10.1. The number of nitrogens with zero attached hydrogens (tertiary/aromatic N) is 1. The molecule has 0 spiro atoms. The van der Waals surface area contributed by atoms with Crippen LogP contribution in [0.25, 0.3) is 0 Å². The van der Waals surface area contributed by atoms with Crippen molar-refractivity contribution in [1.82, 2.24) is 9.62 Å². The van der Waals surface area contributed by atoms with Crippen molar-refractivity contribution in [1.29, 1.82) is 0 Å².